The van der Waals surface area contributed by atoms with Gasteiger partial charge in [0.1, 0.15) is 6.07 Å². The largest absolute Gasteiger partial charge is 0.381 e. The zero-order chi connectivity index (χ0) is 11.8. The van der Waals surface area contributed by atoms with Gasteiger partial charge in [-0.05, 0) is 49.3 Å². The zero-order valence-corrected chi connectivity index (χ0v) is 10.4. The molecule has 3 rings (SSSR count). The molecule has 2 saturated carbocycles. The van der Waals surface area contributed by atoms with E-state index in [2.05, 4.69) is 11.4 Å². The number of halogens is 1. The Morgan fingerprint density at radius 1 is 1.29 bits per heavy atom. The van der Waals surface area contributed by atoms with Gasteiger partial charge in [0, 0.05) is 11.1 Å². The minimum atomic E-state index is 0.541. The lowest BCUT2D eigenvalue weighted by Crippen LogP contribution is -2.26. The van der Waals surface area contributed by atoms with Gasteiger partial charge in [0.2, 0.25) is 0 Å². The van der Waals surface area contributed by atoms with Crippen LogP contribution in [0.2, 0.25) is 5.02 Å². The molecule has 0 heterocycles. The highest BCUT2D eigenvalue weighted by Crippen LogP contribution is 2.45. The van der Waals surface area contributed by atoms with E-state index in [1.165, 1.54) is 25.7 Å². The van der Waals surface area contributed by atoms with E-state index in [1.807, 2.05) is 6.07 Å². The normalized spacial score (nSPS) is 30.2. The fourth-order valence-corrected chi connectivity index (χ4v) is 3.53. The number of anilines is 1. The molecule has 2 bridgehead atoms. The van der Waals surface area contributed by atoms with Crippen LogP contribution in [0.25, 0.3) is 0 Å². The van der Waals surface area contributed by atoms with Crippen molar-refractivity contribution < 1.29 is 0 Å². The maximum absolute atomic E-state index is 9.08. The lowest BCUT2D eigenvalue weighted by Gasteiger charge is -2.24. The van der Waals surface area contributed by atoms with Gasteiger partial charge in [-0.15, -0.1) is 0 Å². The molecule has 0 radical (unpaired) electrons. The van der Waals surface area contributed by atoms with Crippen LogP contribution in [0.1, 0.15) is 31.2 Å². The van der Waals surface area contributed by atoms with Crippen LogP contribution in [0.4, 0.5) is 5.69 Å². The fraction of sp³-hybridized carbons (Fsp3) is 0.500. The van der Waals surface area contributed by atoms with Crippen molar-refractivity contribution >= 4 is 17.3 Å². The summed E-state index contributed by atoms with van der Waals surface area (Å²) in [6.45, 7) is 0. The Bertz CT molecular complexity index is 478. The molecule has 1 aromatic rings. The lowest BCUT2D eigenvalue weighted by atomic mass is 9.95. The molecule has 0 spiro atoms. The summed E-state index contributed by atoms with van der Waals surface area (Å²) >= 11 is 5.99. The van der Waals surface area contributed by atoms with Crippen molar-refractivity contribution in [3.8, 4) is 6.07 Å². The Kier molecular flexibility index (Phi) is 2.72. The van der Waals surface area contributed by atoms with Crippen LogP contribution in [0.15, 0.2) is 18.2 Å². The van der Waals surface area contributed by atoms with Crippen molar-refractivity contribution in [2.24, 2.45) is 11.8 Å². The molecule has 2 aliphatic carbocycles. The SMILES string of the molecule is N#Cc1ccc(Cl)cc1NC1CC2CCC1C2. The average Bonchev–Trinajstić information content (AvgIpc) is 2.91. The second-order valence-corrected chi connectivity index (χ2v) is 5.66. The van der Waals surface area contributed by atoms with Gasteiger partial charge in [-0.2, -0.15) is 5.26 Å². The highest BCUT2D eigenvalue weighted by molar-refractivity contribution is 6.30. The molecule has 1 aromatic carbocycles. The Balaban J connectivity index is 1.81. The lowest BCUT2D eigenvalue weighted by molar-refractivity contribution is 0.440. The third-order valence-corrected chi connectivity index (χ3v) is 4.42. The maximum atomic E-state index is 9.08. The van der Waals surface area contributed by atoms with E-state index in [1.54, 1.807) is 12.1 Å². The molecule has 17 heavy (non-hydrogen) atoms. The van der Waals surface area contributed by atoms with Crippen molar-refractivity contribution in [3.63, 3.8) is 0 Å². The Hall–Kier alpha value is -1.20. The predicted molar refractivity (Wildman–Crippen MR) is 69.0 cm³/mol. The topological polar surface area (TPSA) is 35.8 Å². The van der Waals surface area contributed by atoms with E-state index in [-0.39, 0.29) is 0 Å². The second kappa shape index (κ2) is 4.23. The number of hydrogen-bond donors (Lipinski definition) is 1. The predicted octanol–water partition coefficient (Wildman–Crippen LogP) is 3.81. The van der Waals surface area contributed by atoms with Gasteiger partial charge in [-0.3, -0.25) is 0 Å². The van der Waals surface area contributed by atoms with Crippen LogP contribution >= 0.6 is 11.6 Å². The van der Waals surface area contributed by atoms with Crippen LogP contribution in [0, 0.1) is 23.2 Å². The number of rotatable bonds is 2. The van der Waals surface area contributed by atoms with E-state index in [0.717, 1.165) is 17.5 Å². The van der Waals surface area contributed by atoms with Crippen molar-refractivity contribution in [1.29, 1.82) is 5.26 Å². The van der Waals surface area contributed by atoms with Crippen molar-refractivity contribution in [3.05, 3.63) is 28.8 Å². The van der Waals surface area contributed by atoms with Gasteiger partial charge in [0.25, 0.3) is 0 Å². The number of nitrogens with zero attached hydrogens (tertiary/aromatic N) is 1. The van der Waals surface area contributed by atoms with E-state index in [9.17, 15) is 0 Å². The first-order valence-corrected chi connectivity index (χ1v) is 6.60. The van der Waals surface area contributed by atoms with Gasteiger partial charge in [0.05, 0.1) is 11.3 Å². The summed E-state index contributed by atoms with van der Waals surface area (Å²) in [6, 6.07) is 8.19. The number of nitrogens with one attached hydrogen (secondary N) is 1. The van der Waals surface area contributed by atoms with Gasteiger partial charge in [0.15, 0.2) is 0 Å². The van der Waals surface area contributed by atoms with Crippen molar-refractivity contribution in [2.45, 2.75) is 31.7 Å². The number of hydrogen-bond acceptors (Lipinski definition) is 2. The van der Waals surface area contributed by atoms with E-state index in [4.69, 9.17) is 16.9 Å². The van der Waals surface area contributed by atoms with Crippen molar-refractivity contribution in [1.82, 2.24) is 0 Å². The zero-order valence-electron chi connectivity index (χ0n) is 9.62. The molecule has 2 nitrogen and oxygen atoms in total. The summed E-state index contributed by atoms with van der Waals surface area (Å²) in [5.74, 6) is 1.70. The van der Waals surface area contributed by atoms with Crippen LogP contribution in [-0.4, -0.2) is 6.04 Å². The fourth-order valence-electron chi connectivity index (χ4n) is 3.35. The van der Waals surface area contributed by atoms with Crippen LogP contribution < -0.4 is 5.32 Å². The molecule has 1 N–H and O–H groups in total. The molecule has 88 valence electrons. The molecule has 2 fully saturated rings. The Morgan fingerprint density at radius 3 is 2.82 bits per heavy atom. The maximum Gasteiger partial charge on any atom is 0.101 e. The number of benzene rings is 1. The van der Waals surface area contributed by atoms with Gasteiger partial charge in [-0.1, -0.05) is 18.0 Å². The molecule has 2 aliphatic rings. The van der Waals surface area contributed by atoms with E-state index >= 15 is 0 Å². The first kappa shape index (κ1) is 10.9. The molecule has 0 aliphatic heterocycles. The summed E-state index contributed by atoms with van der Waals surface area (Å²) < 4.78 is 0. The van der Waals surface area contributed by atoms with E-state index in [0.29, 0.717) is 16.6 Å². The highest BCUT2D eigenvalue weighted by Gasteiger charge is 2.39. The smallest absolute Gasteiger partial charge is 0.101 e. The second-order valence-electron chi connectivity index (χ2n) is 5.23. The molecule has 0 saturated heterocycles. The third kappa shape index (κ3) is 2.00. The first-order chi connectivity index (χ1) is 8.26. The molecular weight excluding hydrogens is 232 g/mol. The summed E-state index contributed by atoms with van der Waals surface area (Å²) in [5, 5.41) is 13.3. The standard InChI is InChI=1S/C14H15ClN2/c15-12-4-3-11(8-16)14(7-12)17-13-6-9-1-2-10(13)5-9/h3-4,7,9-10,13,17H,1-2,5-6H2. The summed E-state index contributed by atoms with van der Waals surface area (Å²) in [4.78, 5) is 0. The van der Waals surface area contributed by atoms with Gasteiger partial charge < -0.3 is 5.32 Å². The number of nitriles is 1. The van der Waals surface area contributed by atoms with Crippen LogP contribution in [-0.2, 0) is 0 Å². The van der Waals surface area contributed by atoms with Gasteiger partial charge in [-0.25, -0.2) is 0 Å². The summed E-state index contributed by atoms with van der Waals surface area (Å²) in [7, 11) is 0. The minimum Gasteiger partial charge on any atom is -0.381 e. The summed E-state index contributed by atoms with van der Waals surface area (Å²) in [6.07, 6.45) is 5.34. The molecule has 0 aromatic heterocycles. The van der Waals surface area contributed by atoms with E-state index < -0.39 is 0 Å². The number of fused-ring (bicyclic) bond motifs is 2. The molecule has 3 atom stereocenters. The molecular formula is C14H15ClN2. The molecule has 3 heteroatoms. The third-order valence-electron chi connectivity index (χ3n) is 4.18. The van der Waals surface area contributed by atoms with Crippen molar-refractivity contribution in [2.75, 3.05) is 5.32 Å². The van der Waals surface area contributed by atoms with Gasteiger partial charge >= 0.3 is 0 Å². The molecule has 0 amide bonds. The first-order valence-electron chi connectivity index (χ1n) is 6.22. The Morgan fingerprint density at radius 2 is 2.18 bits per heavy atom. The average molecular weight is 247 g/mol. The minimum absolute atomic E-state index is 0.541. The van der Waals surface area contributed by atoms with Crippen LogP contribution in [0.5, 0.6) is 0 Å². The molecule has 3 unspecified atom stereocenters. The van der Waals surface area contributed by atoms with Crippen LogP contribution in [0.3, 0.4) is 0 Å². The quantitative estimate of drug-likeness (QED) is 0.861. The Labute approximate surface area is 107 Å². The summed E-state index contributed by atoms with van der Waals surface area (Å²) in [5.41, 5.74) is 1.59. The monoisotopic (exact) mass is 246 g/mol. The highest BCUT2D eigenvalue weighted by atomic mass is 35.5.